The van der Waals surface area contributed by atoms with Gasteiger partial charge in [-0.15, -0.1) is 0 Å². The van der Waals surface area contributed by atoms with Gasteiger partial charge in [-0.05, 0) is 24.1 Å². The fourth-order valence-electron chi connectivity index (χ4n) is 1.65. The fourth-order valence-corrected chi connectivity index (χ4v) is 2.57. The van der Waals surface area contributed by atoms with Crippen LogP contribution in [0.4, 0.5) is 10.1 Å². The molecule has 0 fully saturated rings. The maximum absolute atomic E-state index is 13.0. The smallest absolute Gasteiger partial charge is 0.239 e. The molecule has 0 aliphatic rings. The number of sulfonamides is 1. The fraction of sp³-hybridized carbons (Fsp3) is 0.462. The van der Waals surface area contributed by atoms with Gasteiger partial charge in [0, 0.05) is 12.2 Å². The van der Waals surface area contributed by atoms with E-state index in [1.165, 1.54) is 24.3 Å². The van der Waals surface area contributed by atoms with Gasteiger partial charge in [-0.1, -0.05) is 19.9 Å². The highest BCUT2D eigenvalue weighted by molar-refractivity contribution is 7.88. The van der Waals surface area contributed by atoms with Crippen molar-refractivity contribution in [2.45, 2.75) is 13.8 Å². The van der Waals surface area contributed by atoms with Crippen LogP contribution in [0.1, 0.15) is 13.8 Å². The first-order valence-electron chi connectivity index (χ1n) is 6.19. The molecule has 1 N–H and O–H groups in total. The Morgan fingerprint density at radius 1 is 1.40 bits per heavy atom. The predicted molar refractivity (Wildman–Crippen MR) is 76.3 cm³/mol. The maximum Gasteiger partial charge on any atom is 0.239 e. The van der Waals surface area contributed by atoms with E-state index in [0.29, 0.717) is 5.69 Å². The Balaban J connectivity index is 2.72. The molecule has 0 aromatic heterocycles. The molecule has 112 valence electrons. The van der Waals surface area contributed by atoms with Gasteiger partial charge in [0.15, 0.2) is 0 Å². The highest BCUT2D eigenvalue weighted by atomic mass is 32.2. The molecule has 0 saturated carbocycles. The number of carbonyl (C=O) groups excluding carboxylic acids is 1. The second kappa shape index (κ2) is 6.81. The Labute approximate surface area is 118 Å². The molecule has 1 aromatic carbocycles. The lowest BCUT2D eigenvalue weighted by atomic mass is 10.2. The molecule has 0 bridgehead atoms. The number of amides is 1. The first-order chi connectivity index (χ1) is 9.18. The van der Waals surface area contributed by atoms with Crippen molar-refractivity contribution < 1.29 is 17.6 Å². The molecule has 0 atom stereocenters. The van der Waals surface area contributed by atoms with E-state index in [1.54, 1.807) is 0 Å². The summed E-state index contributed by atoms with van der Waals surface area (Å²) < 4.78 is 37.3. The molecule has 0 spiro atoms. The van der Waals surface area contributed by atoms with Crippen molar-refractivity contribution in [2.24, 2.45) is 5.92 Å². The number of hydrogen-bond acceptors (Lipinski definition) is 3. The summed E-state index contributed by atoms with van der Waals surface area (Å²) in [6.45, 7) is 3.70. The van der Waals surface area contributed by atoms with Gasteiger partial charge < -0.3 is 5.32 Å². The van der Waals surface area contributed by atoms with Crippen LogP contribution in [0.3, 0.4) is 0 Å². The molecule has 0 aliphatic carbocycles. The van der Waals surface area contributed by atoms with E-state index in [0.717, 1.165) is 10.6 Å². The van der Waals surface area contributed by atoms with Gasteiger partial charge in [0.2, 0.25) is 15.9 Å². The van der Waals surface area contributed by atoms with E-state index in [2.05, 4.69) is 5.32 Å². The molecule has 0 unspecified atom stereocenters. The highest BCUT2D eigenvalue weighted by Crippen LogP contribution is 2.10. The van der Waals surface area contributed by atoms with Crippen LogP contribution in [0.25, 0.3) is 0 Å². The number of halogens is 1. The van der Waals surface area contributed by atoms with Gasteiger partial charge in [-0.3, -0.25) is 4.79 Å². The SMILES string of the molecule is CC(C)CN(CC(=O)Nc1cccc(F)c1)S(C)(=O)=O. The molecule has 0 saturated heterocycles. The average molecular weight is 302 g/mol. The molecule has 5 nitrogen and oxygen atoms in total. The summed E-state index contributed by atoms with van der Waals surface area (Å²) in [5.74, 6) is -0.863. The molecular formula is C13H19FN2O3S. The summed E-state index contributed by atoms with van der Waals surface area (Å²) >= 11 is 0. The molecule has 0 aliphatic heterocycles. The van der Waals surface area contributed by atoms with Crippen molar-refractivity contribution in [3.05, 3.63) is 30.1 Å². The second-order valence-electron chi connectivity index (χ2n) is 5.01. The number of nitrogens with one attached hydrogen (secondary N) is 1. The monoisotopic (exact) mass is 302 g/mol. The summed E-state index contributed by atoms with van der Waals surface area (Å²) in [5.41, 5.74) is 0.299. The van der Waals surface area contributed by atoms with Crippen LogP contribution in [0.2, 0.25) is 0 Å². The normalized spacial score (nSPS) is 11.9. The van der Waals surface area contributed by atoms with Gasteiger partial charge in [0.25, 0.3) is 0 Å². The van der Waals surface area contributed by atoms with Crippen LogP contribution in [-0.2, 0) is 14.8 Å². The van der Waals surface area contributed by atoms with Gasteiger partial charge in [-0.2, -0.15) is 4.31 Å². The third-order valence-electron chi connectivity index (χ3n) is 2.47. The number of benzene rings is 1. The predicted octanol–water partition coefficient (Wildman–Crippen LogP) is 1.68. The van der Waals surface area contributed by atoms with Crippen LogP contribution in [0.5, 0.6) is 0 Å². The molecule has 1 amide bonds. The Morgan fingerprint density at radius 2 is 2.05 bits per heavy atom. The van der Waals surface area contributed by atoms with Gasteiger partial charge >= 0.3 is 0 Å². The van der Waals surface area contributed by atoms with Crippen molar-refractivity contribution in [2.75, 3.05) is 24.7 Å². The lowest BCUT2D eigenvalue weighted by Crippen LogP contribution is -2.39. The molecule has 0 radical (unpaired) electrons. The molecule has 1 rings (SSSR count). The molecule has 1 aromatic rings. The molecule has 20 heavy (non-hydrogen) atoms. The van der Waals surface area contributed by atoms with E-state index in [-0.39, 0.29) is 19.0 Å². The Hall–Kier alpha value is -1.47. The van der Waals surface area contributed by atoms with Crippen LogP contribution in [0.15, 0.2) is 24.3 Å². The minimum absolute atomic E-state index is 0.103. The highest BCUT2D eigenvalue weighted by Gasteiger charge is 2.21. The number of rotatable bonds is 6. The summed E-state index contributed by atoms with van der Waals surface area (Å²) in [4.78, 5) is 11.8. The standard InChI is InChI=1S/C13H19FN2O3S/c1-10(2)8-16(20(3,18)19)9-13(17)15-12-6-4-5-11(14)7-12/h4-7,10H,8-9H2,1-3H3,(H,15,17). The third kappa shape index (κ3) is 5.66. The second-order valence-corrected chi connectivity index (χ2v) is 6.99. The van der Waals surface area contributed by atoms with E-state index < -0.39 is 21.7 Å². The minimum Gasteiger partial charge on any atom is -0.325 e. The lowest BCUT2D eigenvalue weighted by molar-refractivity contribution is -0.116. The summed E-state index contributed by atoms with van der Waals surface area (Å²) in [7, 11) is -3.46. The minimum atomic E-state index is -3.46. The molecular weight excluding hydrogens is 283 g/mol. The van der Waals surface area contributed by atoms with Gasteiger partial charge in [-0.25, -0.2) is 12.8 Å². The zero-order chi connectivity index (χ0) is 15.3. The van der Waals surface area contributed by atoms with Crippen LogP contribution in [0, 0.1) is 11.7 Å². The molecule has 0 heterocycles. The van der Waals surface area contributed by atoms with Crippen LogP contribution < -0.4 is 5.32 Å². The topological polar surface area (TPSA) is 66.5 Å². The van der Waals surface area contributed by atoms with E-state index >= 15 is 0 Å². The zero-order valence-electron chi connectivity index (χ0n) is 11.8. The summed E-state index contributed by atoms with van der Waals surface area (Å²) in [6.07, 6.45) is 1.06. The average Bonchev–Trinajstić information content (AvgIpc) is 2.26. The van der Waals surface area contributed by atoms with Crippen LogP contribution in [-0.4, -0.2) is 38.0 Å². The van der Waals surface area contributed by atoms with E-state index in [4.69, 9.17) is 0 Å². The van der Waals surface area contributed by atoms with Crippen molar-refractivity contribution >= 4 is 21.6 Å². The zero-order valence-corrected chi connectivity index (χ0v) is 12.6. The Morgan fingerprint density at radius 3 is 2.55 bits per heavy atom. The first kappa shape index (κ1) is 16.6. The van der Waals surface area contributed by atoms with Crippen molar-refractivity contribution in [3.63, 3.8) is 0 Å². The Kier molecular flexibility index (Phi) is 5.64. The van der Waals surface area contributed by atoms with Crippen LogP contribution >= 0.6 is 0 Å². The lowest BCUT2D eigenvalue weighted by Gasteiger charge is -2.21. The number of anilines is 1. The van der Waals surface area contributed by atoms with Crippen molar-refractivity contribution in [3.8, 4) is 0 Å². The number of carbonyl (C=O) groups is 1. The van der Waals surface area contributed by atoms with E-state index in [1.807, 2.05) is 13.8 Å². The third-order valence-corrected chi connectivity index (χ3v) is 3.68. The van der Waals surface area contributed by atoms with E-state index in [9.17, 15) is 17.6 Å². The summed E-state index contributed by atoms with van der Waals surface area (Å²) in [5, 5.41) is 2.47. The van der Waals surface area contributed by atoms with Crippen molar-refractivity contribution in [1.29, 1.82) is 0 Å². The maximum atomic E-state index is 13.0. The van der Waals surface area contributed by atoms with Gasteiger partial charge in [0.1, 0.15) is 5.82 Å². The molecule has 7 heteroatoms. The van der Waals surface area contributed by atoms with Crippen molar-refractivity contribution in [1.82, 2.24) is 4.31 Å². The summed E-state index contributed by atoms with van der Waals surface area (Å²) in [6, 6.07) is 5.43. The number of hydrogen-bond donors (Lipinski definition) is 1. The Bertz CT molecular complexity index is 573. The quantitative estimate of drug-likeness (QED) is 0.869. The van der Waals surface area contributed by atoms with Gasteiger partial charge in [0.05, 0.1) is 12.8 Å². The number of nitrogens with zero attached hydrogens (tertiary/aromatic N) is 1. The first-order valence-corrected chi connectivity index (χ1v) is 8.04. The largest absolute Gasteiger partial charge is 0.325 e.